The number of aliphatic hydroxyl groups excluding tert-OH is 1. The van der Waals surface area contributed by atoms with E-state index < -0.39 is 6.10 Å². The number of hydrogen-bond donors (Lipinski definition) is 2. The number of ether oxygens (including phenoxy) is 3. The molecule has 0 radical (unpaired) electrons. The van der Waals surface area contributed by atoms with Gasteiger partial charge in [0.15, 0.2) is 18.1 Å². The third kappa shape index (κ3) is 6.00. The second-order valence-electron chi connectivity index (χ2n) is 5.47. The van der Waals surface area contributed by atoms with E-state index in [0.717, 1.165) is 5.56 Å². The quantitative estimate of drug-likeness (QED) is 0.726. The summed E-state index contributed by atoms with van der Waals surface area (Å²) < 4.78 is 16.1. The van der Waals surface area contributed by atoms with Crippen molar-refractivity contribution in [2.45, 2.75) is 13.0 Å². The lowest BCUT2D eigenvalue weighted by Crippen LogP contribution is -2.37. The van der Waals surface area contributed by atoms with Crippen LogP contribution in [0.1, 0.15) is 5.56 Å². The summed E-state index contributed by atoms with van der Waals surface area (Å²) in [5, 5.41) is 12.5. The molecule has 2 N–H and O–H groups in total. The molecule has 0 heterocycles. The maximum atomic E-state index is 11.8. The van der Waals surface area contributed by atoms with Gasteiger partial charge in [0.1, 0.15) is 18.5 Å². The second kappa shape index (κ2) is 9.54. The number of hydrogen-bond acceptors (Lipinski definition) is 5. The highest BCUT2D eigenvalue weighted by Gasteiger charge is 2.10. The zero-order chi connectivity index (χ0) is 18.1. The summed E-state index contributed by atoms with van der Waals surface area (Å²) in [6, 6.07) is 14.6. The lowest BCUT2D eigenvalue weighted by molar-refractivity contribution is -0.123. The van der Waals surface area contributed by atoms with E-state index in [2.05, 4.69) is 5.32 Å². The van der Waals surface area contributed by atoms with Gasteiger partial charge >= 0.3 is 0 Å². The molecule has 0 saturated heterocycles. The number of nitrogens with one attached hydrogen (secondary N) is 1. The van der Waals surface area contributed by atoms with Crippen LogP contribution in [0.4, 0.5) is 0 Å². The van der Waals surface area contributed by atoms with Crippen LogP contribution in [0.5, 0.6) is 17.2 Å². The fourth-order valence-corrected chi connectivity index (χ4v) is 2.13. The molecule has 2 aromatic rings. The van der Waals surface area contributed by atoms with Crippen molar-refractivity contribution >= 4 is 5.91 Å². The number of para-hydroxylation sites is 3. The molecular formula is C19H23NO5. The van der Waals surface area contributed by atoms with Crippen molar-refractivity contribution in [3.63, 3.8) is 0 Å². The Balaban J connectivity index is 1.70. The van der Waals surface area contributed by atoms with Crippen LogP contribution in [-0.4, -0.2) is 44.0 Å². The number of carbonyl (C=O) groups is 1. The van der Waals surface area contributed by atoms with Gasteiger partial charge in [-0.2, -0.15) is 0 Å². The Kier molecular flexibility index (Phi) is 7.10. The molecule has 134 valence electrons. The predicted octanol–water partition coefficient (Wildman–Crippen LogP) is 1.94. The van der Waals surface area contributed by atoms with Crippen LogP contribution in [0.3, 0.4) is 0 Å². The number of methoxy groups -OCH3 is 1. The molecular weight excluding hydrogens is 322 g/mol. The van der Waals surface area contributed by atoms with Crippen LogP contribution in [0.2, 0.25) is 0 Å². The van der Waals surface area contributed by atoms with Gasteiger partial charge in [0, 0.05) is 6.54 Å². The molecule has 0 fully saturated rings. The van der Waals surface area contributed by atoms with E-state index >= 15 is 0 Å². The maximum Gasteiger partial charge on any atom is 0.258 e. The Bertz CT molecular complexity index is 689. The van der Waals surface area contributed by atoms with Crippen LogP contribution in [0, 0.1) is 6.92 Å². The molecule has 0 aromatic heterocycles. The Morgan fingerprint density at radius 1 is 1.04 bits per heavy atom. The molecule has 6 nitrogen and oxygen atoms in total. The summed E-state index contributed by atoms with van der Waals surface area (Å²) in [7, 11) is 1.53. The van der Waals surface area contributed by atoms with Gasteiger partial charge in [-0.25, -0.2) is 0 Å². The topological polar surface area (TPSA) is 77.0 Å². The number of aliphatic hydroxyl groups is 1. The first-order chi connectivity index (χ1) is 12.1. The van der Waals surface area contributed by atoms with Crippen molar-refractivity contribution < 1.29 is 24.1 Å². The lowest BCUT2D eigenvalue weighted by Gasteiger charge is -2.15. The van der Waals surface area contributed by atoms with Crippen molar-refractivity contribution in [2.75, 3.05) is 26.9 Å². The Morgan fingerprint density at radius 2 is 1.68 bits per heavy atom. The van der Waals surface area contributed by atoms with Gasteiger partial charge in [-0.3, -0.25) is 4.79 Å². The molecule has 2 aromatic carbocycles. The van der Waals surface area contributed by atoms with Gasteiger partial charge in [-0.05, 0) is 30.7 Å². The minimum atomic E-state index is -0.810. The number of aryl methyl sites for hydroxylation is 1. The first kappa shape index (κ1) is 18.6. The summed E-state index contributed by atoms with van der Waals surface area (Å²) in [6.07, 6.45) is -0.810. The maximum absolute atomic E-state index is 11.8. The standard InChI is InChI=1S/C19H23NO5/c1-14-7-3-4-8-16(14)24-12-15(21)11-20-19(22)13-25-18-10-6-5-9-17(18)23-2/h3-10,15,21H,11-13H2,1-2H3,(H,20,22). The van der Waals surface area contributed by atoms with E-state index in [4.69, 9.17) is 14.2 Å². The summed E-state index contributed by atoms with van der Waals surface area (Å²) in [5.74, 6) is 1.43. The van der Waals surface area contributed by atoms with Crippen LogP contribution in [0.25, 0.3) is 0 Å². The number of amides is 1. The zero-order valence-corrected chi connectivity index (χ0v) is 14.4. The number of rotatable bonds is 9. The average molecular weight is 345 g/mol. The van der Waals surface area contributed by atoms with Crippen molar-refractivity contribution in [3.05, 3.63) is 54.1 Å². The third-order valence-electron chi connectivity index (χ3n) is 3.49. The zero-order valence-electron chi connectivity index (χ0n) is 14.4. The van der Waals surface area contributed by atoms with Crippen LogP contribution in [0.15, 0.2) is 48.5 Å². The Morgan fingerprint density at radius 3 is 2.36 bits per heavy atom. The molecule has 0 aliphatic carbocycles. The first-order valence-corrected chi connectivity index (χ1v) is 7.99. The van der Waals surface area contributed by atoms with E-state index in [1.165, 1.54) is 7.11 Å². The molecule has 1 atom stereocenters. The van der Waals surface area contributed by atoms with E-state index in [1.54, 1.807) is 18.2 Å². The third-order valence-corrected chi connectivity index (χ3v) is 3.49. The van der Waals surface area contributed by atoms with Crippen LogP contribution >= 0.6 is 0 Å². The molecule has 0 aliphatic heterocycles. The predicted molar refractivity (Wildman–Crippen MR) is 94.2 cm³/mol. The molecule has 0 aliphatic rings. The fourth-order valence-electron chi connectivity index (χ4n) is 2.13. The van der Waals surface area contributed by atoms with Gasteiger partial charge in [-0.1, -0.05) is 30.3 Å². The summed E-state index contributed by atoms with van der Waals surface area (Å²) in [4.78, 5) is 11.8. The van der Waals surface area contributed by atoms with Crippen molar-refractivity contribution in [1.82, 2.24) is 5.32 Å². The average Bonchev–Trinajstić information content (AvgIpc) is 2.64. The highest BCUT2D eigenvalue weighted by Crippen LogP contribution is 2.25. The highest BCUT2D eigenvalue weighted by atomic mass is 16.5. The molecule has 0 bridgehead atoms. The summed E-state index contributed by atoms with van der Waals surface area (Å²) in [5.41, 5.74) is 0.990. The SMILES string of the molecule is COc1ccccc1OCC(=O)NCC(O)COc1ccccc1C. The molecule has 6 heteroatoms. The van der Waals surface area contributed by atoms with Crippen molar-refractivity contribution in [2.24, 2.45) is 0 Å². The minimum Gasteiger partial charge on any atom is -0.493 e. The normalized spacial score (nSPS) is 11.5. The number of carbonyl (C=O) groups excluding carboxylic acids is 1. The molecule has 0 saturated carbocycles. The fraction of sp³-hybridized carbons (Fsp3) is 0.316. The van der Waals surface area contributed by atoms with Crippen LogP contribution < -0.4 is 19.5 Å². The van der Waals surface area contributed by atoms with Crippen molar-refractivity contribution in [3.8, 4) is 17.2 Å². The highest BCUT2D eigenvalue weighted by molar-refractivity contribution is 5.77. The Hall–Kier alpha value is -2.73. The monoisotopic (exact) mass is 345 g/mol. The number of benzene rings is 2. The van der Waals surface area contributed by atoms with Gasteiger partial charge in [0.05, 0.1) is 7.11 Å². The van der Waals surface area contributed by atoms with Crippen LogP contribution in [-0.2, 0) is 4.79 Å². The van der Waals surface area contributed by atoms with E-state index in [1.807, 2.05) is 37.3 Å². The lowest BCUT2D eigenvalue weighted by atomic mass is 10.2. The largest absolute Gasteiger partial charge is 0.493 e. The summed E-state index contributed by atoms with van der Waals surface area (Å²) in [6.45, 7) is 1.95. The molecule has 25 heavy (non-hydrogen) atoms. The molecule has 1 unspecified atom stereocenters. The Labute approximate surface area is 147 Å². The smallest absolute Gasteiger partial charge is 0.258 e. The van der Waals surface area contributed by atoms with E-state index in [-0.39, 0.29) is 25.7 Å². The molecule has 2 rings (SSSR count). The second-order valence-corrected chi connectivity index (χ2v) is 5.47. The van der Waals surface area contributed by atoms with E-state index in [0.29, 0.717) is 17.2 Å². The van der Waals surface area contributed by atoms with Crippen molar-refractivity contribution in [1.29, 1.82) is 0 Å². The van der Waals surface area contributed by atoms with Gasteiger partial charge in [0.25, 0.3) is 5.91 Å². The molecule has 1 amide bonds. The minimum absolute atomic E-state index is 0.0833. The molecule has 0 spiro atoms. The van der Waals surface area contributed by atoms with Gasteiger partial charge < -0.3 is 24.6 Å². The van der Waals surface area contributed by atoms with Gasteiger partial charge in [0.2, 0.25) is 0 Å². The van der Waals surface area contributed by atoms with Gasteiger partial charge in [-0.15, -0.1) is 0 Å². The summed E-state index contributed by atoms with van der Waals surface area (Å²) >= 11 is 0. The first-order valence-electron chi connectivity index (χ1n) is 7.99. The van der Waals surface area contributed by atoms with E-state index in [9.17, 15) is 9.90 Å².